The fourth-order valence-corrected chi connectivity index (χ4v) is 2.27. The van der Waals surface area contributed by atoms with E-state index in [0.717, 1.165) is 19.3 Å². The molecule has 22 heavy (non-hydrogen) atoms. The van der Waals surface area contributed by atoms with Gasteiger partial charge in [-0.25, -0.2) is 4.79 Å². The number of hydrogen-bond donors (Lipinski definition) is 2. The normalized spacial score (nSPS) is 14.0. The SMILES string of the molecule is COC(=O)/C=C\C[C@H](O)C[C@H](O)CCCCc1ccccc1. The molecule has 1 aromatic rings. The molecule has 0 aromatic heterocycles. The molecule has 122 valence electrons. The summed E-state index contributed by atoms with van der Waals surface area (Å²) in [6, 6.07) is 10.3. The van der Waals surface area contributed by atoms with Crippen molar-refractivity contribution >= 4 is 5.97 Å². The van der Waals surface area contributed by atoms with Gasteiger partial charge in [0.25, 0.3) is 0 Å². The molecule has 0 bridgehead atoms. The van der Waals surface area contributed by atoms with Crippen LogP contribution in [-0.4, -0.2) is 35.5 Å². The van der Waals surface area contributed by atoms with Gasteiger partial charge in [0.05, 0.1) is 19.3 Å². The molecule has 0 aliphatic heterocycles. The zero-order valence-corrected chi connectivity index (χ0v) is 13.1. The third-order valence-corrected chi connectivity index (χ3v) is 3.50. The topological polar surface area (TPSA) is 66.8 Å². The van der Waals surface area contributed by atoms with Gasteiger partial charge in [-0.3, -0.25) is 0 Å². The monoisotopic (exact) mass is 306 g/mol. The third-order valence-electron chi connectivity index (χ3n) is 3.50. The highest BCUT2D eigenvalue weighted by Crippen LogP contribution is 2.12. The maximum absolute atomic E-state index is 10.9. The summed E-state index contributed by atoms with van der Waals surface area (Å²) in [5, 5.41) is 19.7. The molecule has 0 heterocycles. The first-order valence-electron chi connectivity index (χ1n) is 7.76. The predicted octanol–water partition coefficient (Wildman–Crippen LogP) is 2.63. The molecule has 0 unspecified atom stereocenters. The van der Waals surface area contributed by atoms with Crippen molar-refractivity contribution in [2.45, 2.75) is 50.7 Å². The number of ether oxygens (including phenoxy) is 1. The molecule has 0 amide bonds. The first kappa shape index (κ1) is 18.4. The van der Waals surface area contributed by atoms with Crippen molar-refractivity contribution in [3.8, 4) is 0 Å². The minimum Gasteiger partial charge on any atom is -0.466 e. The van der Waals surface area contributed by atoms with Crippen molar-refractivity contribution in [1.82, 2.24) is 0 Å². The second-order valence-electron chi connectivity index (χ2n) is 5.44. The first-order valence-corrected chi connectivity index (χ1v) is 7.76. The second kappa shape index (κ2) is 11.0. The molecule has 0 spiro atoms. The van der Waals surface area contributed by atoms with Crippen molar-refractivity contribution in [3.63, 3.8) is 0 Å². The Balaban J connectivity index is 2.11. The lowest BCUT2D eigenvalue weighted by Gasteiger charge is -2.14. The molecule has 0 radical (unpaired) electrons. The van der Waals surface area contributed by atoms with Gasteiger partial charge in [-0.1, -0.05) is 42.8 Å². The lowest BCUT2D eigenvalue weighted by molar-refractivity contribution is -0.134. The summed E-state index contributed by atoms with van der Waals surface area (Å²) in [5.74, 6) is -0.436. The maximum atomic E-state index is 10.9. The summed E-state index contributed by atoms with van der Waals surface area (Å²) >= 11 is 0. The average molecular weight is 306 g/mol. The first-order chi connectivity index (χ1) is 10.6. The van der Waals surface area contributed by atoms with Crippen LogP contribution in [0.4, 0.5) is 0 Å². The van der Waals surface area contributed by atoms with Gasteiger partial charge in [0.1, 0.15) is 0 Å². The van der Waals surface area contributed by atoms with Gasteiger partial charge in [-0.05, 0) is 37.7 Å². The molecular weight excluding hydrogens is 280 g/mol. The van der Waals surface area contributed by atoms with Crippen molar-refractivity contribution < 1.29 is 19.7 Å². The number of aliphatic hydroxyl groups excluding tert-OH is 2. The van der Waals surface area contributed by atoms with Crippen molar-refractivity contribution in [3.05, 3.63) is 48.0 Å². The minimum atomic E-state index is -0.634. The Morgan fingerprint density at radius 3 is 2.59 bits per heavy atom. The second-order valence-corrected chi connectivity index (χ2v) is 5.44. The van der Waals surface area contributed by atoms with Crippen LogP contribution in [0.5, 0.6) is 0 Å². The van der Waals surface area contributed by atoms with E-state index in [-0.39, 0.29) is 0 Å². The summed E-state index contributed by atoms with van der Waals surface area (Å²) < 4.78 is 4.46. The Labute approximate surface area is 132 Å². The standard InChI is InChI=1S/C18H26O4/c1-22-18(21)13-7-12-17(20)14-16(19)11-6-5-10-15-8-3-2-4-9-15/h2-4,7-9,13,16-17,19-20H,5-6,10-12,14H2,1H3/b13-7-/t16-,17+/m1/s1. The van der Waals surface area contributed by atoms with Crippen molar-refractivity contribution in [1.29, 1.82) is 0 Å². The highest BCUT2D eigenvalue weighted by Gasteiger charge is 2.10. The van der Waals surface area contributed by atoms with Gasteiger partial charge in [0.15, 0.2) is 0 Å². The van der Waals surface area contributed by atoms with E-state index in [0.29, 0.717) is 19.3 Å². The summed E-state index contributed by atoms with van der Waals surface area (Å²) in [7, 11) is 1.31. The Morgan fingerprint density at radius 1 is 1.18 bits per heavy atom. The summed E-state index contributed by atoms with van der Waals surface area (Å²) in [5.41, 5.74) is 1.31. The van der Waals surface area contributed by atoms with Crippen LogP contribution < -0.4 is 0 Å². The Hall–Kier alpha value is -1.65. The number of carbonyl (C=O) groups is 1. The number of rotatable bonds is 10. The molecule has 0 fully saturated rings. The van der Waals surface area contributed by atoms with Gasteiger partial charge in [0, 0.05) is 6.08 Å². The minimum absolute atomic E-state index is 0.330. The number of esters is 1. The molecule has 0 saturated carbocycles. The van der Waals surface area contributed by atoms with E-state index in [9.17, 15) is 15.0 Å². The van der Waals surface area contributed by atoms with Crippen LogP contribution in [0.3, 0.4) is 0 Å². The smallest absolute Gasteiger partial charge is 0.330 e. The number of aliphatic hydroxyl groups is 2. The number of aryl methyl sites for hydroxylation is 1. The van der Waals surface area contributed by atoms with Crippen LogP contribution in [0.2, 0.25) is 0 Å². The largest absolute Gasteiger partial charge is 0.466 e. The van der Waals surface area contributed by atoms with Crippen LogP contribution in [0, 0.1) is 0 Å². The molecule has 2 atom stereocenters. The Bertz CT molecular complexity index is 442. The van der Waals surface area contributed by atoms with E-state index in [2.05, 4.69) is 16.9 Å². The predicted molar refractivity (Wildman–Crippen MR) is 86.4 cm³/mol. The number of hydrogen-bond acceptors (Lipinski definition) is 4. The fraction of sp³-hybridized carbons (Fsp3) is 0.500. The lowest BCUT2D eigenvalue weighted by atomic mass is 10.0. The molecule has 1 aromatic carbocycles. The van der Waals surface area contributed by atoms with E-state index in [1.807, 2.05) is 18.2 Å². The van der Waals surface area contributed by atoms with E-state index < -0.39 is 18.2 Å². The molecular formula is C18H26O4. The number of unbranched alkanes of at least 4 members (excludes halogenated alkanes) is 1. The van der Waals surface area contributed by atoms with Gasteiger partial charge in [-0.15, -0.1) is 0 Å². The fourth-order valence-electron chi connectivity index (χ4n) is 2.27. The van der Waals surface area contributed by atoms with Gasteiger partial charge in [0.2, 0.25) is 0 Å². The summed E-state index contributed by atoms with van der Waals surface area (Å²) in [6.07, 6.45) is 6.05. The summed E-state index contributed by atoms with van der Waals surface area (Å²) in [6.45, 7) is 0. The highest BCUT2D eigenvalue weighted by molar-refractivity contribution is 5.81. The Kier molecular flexibility index (Phi) is 9.19. The van der Waals surface area contributed by atoms with E-state index in [1.54, 1.807) is 6.08 Å². The quantitative estimate of drug-likeness (QED) is 0.396. The summed E-state index contributed by atoms with van der Waals surface area (Å²) in [4.78, 5) is 10.9. The zero-order valence-electron chi connectivity index (χ0n) is 13.1. The van der Waals surface area contributed by atoms with E-state index in [4.69, 9.17) is 0 Å². The van der Waals surface area contributed by atoms with Crippen LogP contribution in [-0.2, 0) is 16.0 Å². The molecule has 4 heteroatoms. The number of benzene rings is 1. The lowest BCUT2D eigenvalue weighted by Crippen LogP contribution is -2.17. The van der Waals surface area contributed by atoms with Gasteiger partial charge < -0.3 is 14.9 Å². The average Bonchev–Trinajstić information content (AvgIpc) is 2.52. The van der Waals surface area contributed by atoms with E-state index in [1.165, 1.54) is 18.7 Å². The highest BCUT2D eigenvalue weighted by atomic mass is 16.5. The third kappa shape index (κ3) is 8.60. The molecule has 1 rings (SSSR count). The maximum Gasteiger partial charge on any atom is 0.330 e. The molecule has 0 saturated heterocycles. The van der Waals surface area contributed by atoms with Gasteiger partial charge in [-0.2, -0.15) is 0 Å². The van der Waals surface area contributed by atoms with Crippen molar-refractivity contribution in [2.24, 2.45) is 0 Å². The molecule has 0 aliphatic rings. The molecule has 0 aliphatic carbocycles. The number of methoxy groups -OCH3 is 1. The van der Waals surface area contributed by atoms with Crippen LogP contribution >= 0.6 is 0 Å². The number of carbonyl (C=O) groups excluding carboxylic acids is 1. The van der Waals surface area contributed by atoms with Crippen molar-refractivity contribution in [2.75, 3.05) is 7.11 Å². The van der Waals surface area contributed by atoms with E-state index >= 15 is 0 Å². The molecule has 2 N–H and O–H groups in total. The van der Waals surface area contributed by atoms with Crippen LogP contribution in [0.1, 0.15) is 37.7 Å². The van der Waals surface area contributed by atoms with Crippen LogP contribution in [0.15, 0.2) is 42.5 Å². The Morgan fingerprint density at radius 2 is 1.91 bits per heavy atom. The van der Waals surface area contributed by atoms with Crippen LogP contribution in [0.25, 0.3) is 0 Å². The van der Waals surface area contributed by atoms with Gasteiger partial charge >= 0.3 is 5.97 Å². The molecule has 4 nitrogen and oxygen atoms in total. The zero-order chi connectivity index (χ0) is 16.2.